The smallest absolute Gasteiger partial charge is 0.258 e. The molecule has 0 atom stereocenters. The van der Waals surface area contributed by atoms with Gasteiger partial charge in [-0.1, -0.05) is 24.3 Å². The van der Waals surface area contributed by atoms with E-state index >= 15 is 0 Å². The van der Waals surface area contributed by atoms with E-state index in [9.17, 15) is 4.79 Å². The van der Waals surface area contributed by atoms with Crippen molar-refractivity contribution in [1.29, 1.82) is 0 Å². The van der Waals surface area contributed by atoms with Gasteiger partial charge in [0.2, 0.25) is 0 Å². The van der Waals surface area contributed by atoms with Crippen LogP contribution in [0.15, 0.2) is 58.8 Å². The van der Waals surface area contributed by atoms with Crippen molar-refractivity contribution < 1.29 is 0 Å². The Kier molecular flexibility index (Phi) is 2.99. The van der Waals surface area contributed by atoms with Gasteiger partial charge in [-0.15, -0.1) is 11.3 Å². The fourth-order valence-corrected chi connectivity index (χ4v) is 2.79. The Morgan fingerprint density at radius 2 is 1.94 bits per heavy atom. The summed E-state index contributed by atoms with van der Waals surface area (Å²) in [6, 6.07) is 13.9. The lowest BCUT2D eigenvalue weighted by Crippen LogP contribution is -2.20. The van der Waals surface area contributed by atoms with Gasteiger partial charge in [-0.25, -0.2) is 0 Å². The molecule has 0 saturated carbocycles. The molecule has 2 aromatic heterocycles. The summed E-state index contributed by atoms with van der Waals surface area (Å²) in [4.78, 5) is 13.6. The van der Waals surface area contributed by atoms with Gasteiger partial charge in [0.15, 0.2) is 0 Å². The van der Waals surface area contributed by atoms with Crippen LogP contribution in [0.25, 0.3) is 10.8 Å². The Morgan fingerprint density at radius 1 is 1.06 bits per heavy atom. The van der Waals surface area contributed by atoms with Gasteiger partial charge in [0.05, 0.1) is 0 Å². The number of benzene rings is 1. The van der Waals surface area contributed by atoms with Crippen LogP contribution >= 0.6 is 11.3 Å². The molecule has 0 aliphatic carbocycles. The molecular weight excluding hydrogens is 242 g/mol. The van der Waals surface area contributed by atoms with Crippen LogP contribution in [0.3, 0.4) is 0 Å². The van der Waals surface area contributed by atoms with Crippen LogP contribution in [0.2, 0.25) is 0 Å². The first-order valence-corrected chi connectivity index (χ1v) is 6.83. The number of pyridine rings is 1. The van der Waals surface area contributed by atoms with Gasteiger partial charge >= 0.3 is 0 Å². The third-order valence-electron chi connectivity index (χ3n) is 3.07. The zero-order valence-corrected chi connectivity index (χ0v) is 10.7. The molecule has 0 N–H and O–H groups in total. The molecule has 0 saturated heterocycles. The minimum absolute atomic E-state index is 0.102. The van der Waals surface area contributed by atoms with Gasteiger partial charge < -0.3 is 4.57 Å². The second-order valence-corrected chi connectivity index (χ2v) is 5.26. The number of nitrogens with zero attached hydrogens (tertiary/aromatic N) is 1. The Balaban J connectivity index is 1.93. The van der Waals surface area contributed by atoms with E-state index in [0.717, 1.165) is 23.7 Å². The van der Waals surface area contributed by atoms with Crippen LogP contribution in [0.4, 0.5) is 0 Å². The standard InChI is InChI=1S/C15H13NOS/c17-15-14-6-2-1-4-12(14)7-9-16(15)10-8-13-5-3-11-18-13/h1-7,9,11H,8,10H2. The summed E-state index contributed by atoms with van der Waals surface area (Å²) in [5.74, 6) is 0. The third kappa shape index (κ3) is 2.09. The third-order valence-corrected chi connectivity index (χ3v) is 4.00. The maximum Gasteiger partial charge on any atom is 0.258 e. The Bertz CT molecular complexity index is 713. The first-order valence-electron chi connectivity index (χ1n) is 5.95. The molecule has 0 bridgehead atoms. The van der Waals surface area contributed by atoms with Crippen LogP contribution in [-0.2, 0) is 13.0 Å². The molecule has 1 aromatic carbocycles. The van der Waals surface area contributed by atoms with Gasteiger partial charge in [-0.3, -0.25) is 4.79 Å². The van der Waals surface area contributed by atoms with E-state index < -0.39 is 0 Å². The Labute approximate surface area is 109 Å². The summed E-state index contributed by atoms with van der Waals surface area (Å²) in [6.07, 6.45) is 2.80. The van der Waals surface area contributed by atoms with Crippen molar-refractivity contribution in [2.45, 2.75) is 13.0 Å². The van der Waals surface area contributed by atoms with E-state index in [1.165, 1.54) is 4.88 Å². The number of hydrogen-bond donors (Lipinski definition) is 0. The maximum absolute atomic E-state index is 12.3. The van der Waals surface area contributed by atoms with Crippen LogP contribution in [0, 0.1) is 0 Å². The zero-order valence-electron chi connectivity index (χ0n) is 9.87. The fourth-order valence-electron chi connectivity index (χ4n) is 2.09. The van der Waals surface area contributed by atoms with Gasteiger partial charge in [0.25, 0.3) is 5.56 Å². The van der Waals surface area contributed by atoms with Crippen LogP contribution < -0.4 is 5.56 Å². The Morgan fingerprint density at radius 3 is 2.78 bits per heavy atom. The molecule has 3 rings (SSSR count). The molecule has 18 heavy (non-hydrogen) atoms. The lowest BCUT2D eigenvalue weighted by atomic mass is 10.2. The van der Waals surface area contributed by atoms with E-state index in [1.807, 2.05) is 42.6 Å². The Hall–Kier alpha value is -1.87. The van der Waals surface area contributed by atoms with E-state index in [1.54, 1.807) is 15.9 Å². The van der Waals surface area contributed by atoms with Crippen molar-refractivity contribution in [2.24, 2.45) is 0 Å². The molecule has 0 aliphatic heterocycles. The normalized spacial score (nSPS) is 10.9. The van der Waals surface area contributed by atoms with Crippen LogP contribution in [0.5, 0.6) is 0 Å². The number of aromatic nitrogens is 1. The van der Waals surface area contributed by atoms with Gasteiger partial charge in [-0.2, -0.15) is 0 Å². The predicted octanol–water partition coefficient (Wildman–Crippen LogP) is 3.31. The number of fused-ring (bicyclic) bond motifs is 1. The number of rotatable bonds is 3. The highest BCUT2D eigenvalue weighted by Gasteiger charge is 2.02. The molecule has 90 valence electrons. The average molecular weight is 255 g/mol. The molecular formula is C15H13NOS. The quantitative estimate of drug-likeness (QED) is 0.704. The van der Waals surface area contributed by atoms with Crippen LogP contribution in [-0.4, -0.2) is 4.57 Å². The molecule has 0 spiro atoms. The second-order valence-electron chi connectivity index (χ2n) is 4.23. The minimum atomic E-state index is 0.102. The SMILES string of the molecule is O=c1c2ccccc2ccn1CCc1cccs1. The summed E-state index contributed by atoms with van der Waals surface area (Å²) >= 11 is 1.74. The van der Waals surface area contributed by atoms with Gasteiger partial charge in [0.1, 0.15) is 0 Å². The lowest BCUT2D eigenvalue weighted by Gasteiger charge is -2.06. The summed E-state index contributed by atoms with van der Waals surface area (Å²) in [6.45, 7) is 0.740. The fraction of sp³-hybridized carbons (Fsp3) is 0.133. The van der Waals surface area contributed by atoms with Gasteiger partial charge in [-0.05, 0) is 35.4 Å². The average Bonchev–Trinajstić information content (AvgIpc) is 2.91. The van der Waals surface area contributed by atoms with Crippen molar-refractivity contribution in [3.63, 3.8) is 0 Å². The second kappa shape index (κ2) is 4.78. The molecule has 0 radical (unpaired) electrons. The highest BCUT2D eigenvalue weighted by molar-refractivity contribution is 7.09. The molecule has 3 heteroatoms. The van der Waals surface area contributed by atoms with Crippen molar-refractivity contribution in [1.82, 2.24) is 4.57 Å². The lowest BCUT2D eigenvalue weighted by molar-refractivity contribution is 0.680. The van der Waals surface area contributed by atoms with Crippen LogP contribution in [0.1, 0.15) is 4.88 Å². The first kappa shape index (κ1) is 11.2. The van der Waals surface area contributed by atoms with Crippen molar-refractivity contribution >= 4 is 22.1 Å². The minimum Gasteiger partial charge on any atom is -0.315 e. The van der Waals surface area contributed by atoms with E-state index in [4.69, 9.17) is 0 Å². The molecule has 0 aliphatic rings. The zero-order chi connectivity index (χ0) is 12.4. The number of hydrogen-bond acceptors (Lipinski definition) is 2. The van der Waals surface area contributed by atoms with E-state index in [0.29, 0.717) is 0 Å². The summed E-state index contributed by atoms with van der Waals surface area (Å²) in [5, 5.41) is 3.87. The molecule has 0 fully saturated rings. The summed E-state index contributed by atoms with van der Waals surface area (Å²) in [5.41, 5.74) is 0.102. The summed E-state index contributed by atoms with van der Waals surface area (Å²) in [7, 11) is 0. The molecule has 0 unspecified atom stereocenters. The van der Waals surface area contributed by atoms with E-state index in [-0.39, 0.29) is 5.56 Å². The monoisotopic (exact) mass is 255 g/mol. The topological polar surface area (TPSA) is 22.0 Å². The predicted molar refractivity (Wildman–Crippen MR) is 76.2 cm³/mol. The largest absolute Gasteiger partial charge is 0.315 e. The first-order chi connectivity index (χ1) is 8.84. The van der Waals surface area contributed by atoms with Gasteiger partial charge in [0, 0.05) is 23.0 Å². The van der Waals surface area contributed by atoms with Crippen molar-refractivity contribution in [3.05, 3.63) is 69.3 Å². The highest BCUT2D eigenvalue weighted by atomic mass is 32.1. The van der Waals surface area contributed by atoms with Crippen molar-refractivity contribution in [3.8, 4) is 0 Å². The number of thiophene rings is 1. The molecule has 0 amide bonds. The summed E-state index contributed by atoms with van der Waals surface area (Å²) < 4.78 is 1.79. The molecule has 2 nitrogen and oxygen atoms in total. The molecule has 2 heterocycles. The number of aryl methyl sites for hydroxylation is 2. The highest BCUT2D eigenvalue weighted by Crippen LogP contribution is 2.11. The van der Waals surface area contributed by atoms with E-state index in [2.05, 4.69) is 11.4 Å². The molecule has 3 aromatic rings. The van der Waals surface area contributed by atoms with Crippen molar-refractivity contribution in [2.75, 3.05) is 0 Å². The maximum atomic E-state index is 12.3.